The van der Waals surface area contributed by atoms with Gasteiger partial charge in [0.05, 0.1) is 12.1 Å². The van der Waals surface area contributed by atoms with Gasteiger partial charge in [0.15, 0.2) is 0 Å². The van der Waals surface area contributed by atoms with Crippen LogP contribution in [0.15, 0.2) is 42.5 Å². The molecule has 0 unspecified atom stereocenters. The Bertz CT molecular complexity index is 587. The van der Waals surface area contributed by atoms with Gasteiger partial charge < -0.3 is 15.6 Å². The van der Waals surface area contributed by atoms with Crippen LogP contribution in [0.5, 0.6) is 5.75 Å². The highest BCUT2D eigenvalue weighted by molar-refractivity contribution is 5.44. The minimum Gasteiger partial charge on any atom is -0.488 e. The van der Waals surface area contributed by atoms with Gasteiger partial charge in [0.1, 0.15) is 12.4 Å². The zero-order chi connectivity index (χ0) is 16.1. The molecule has 0 saturated heterocycles. The van der Waals surface area contributed by atoms with Crippen LogP contribution >= 0.6 is 0 Å². The largest absolute Gasteiger partial charge is 0.488 e. The molecule has 0 aromatic heterocycles. The molecule has 0 spiro atoms. The maximum Gasteiger partial charge on any atom is 0.125 e. The third-order valence-electron chi connectivity index (χ3n) is 3.93. The maximum atomic E-state index is 9.93. The molecule has 0 saturated carbocycles. The molecule has 2 aromatic carbocycles. The van der Waals surface area contributed by atoms with Gasteiger partial charge >= 0.3 is 0 Å². The lowest BCUT2D eigenvalue weighted by Gasteiger charge is -2.20. The molecule has 0 fully saturated rings. The monoisotopic (exact) mass is 299 g/mol. The summed E-state index contributed by atoms with van der Waals surface area (Å²) in [7, 11) is 0. The quantitative estimate of drug-likeness (QED) is 0.856. The fourth-order valence-electron chi connectivity index (χ4n) is 2.61. The summed E-state index contributed by atoms with van der Waals surface area (Å²) >= 11 is 0. The Balaban J connectivity index is 2.16. The van der Waals surface area contributed by atoms with Crippen molar-refractivity contribution in [2.45, 2.75) is 45.9 Å². The smallest absolute Gasteiger partial charge is 0.125 e. The summed E-state index contributed by atoms with van der Waals surface area (Å²) in [5.41, 5.74) is 10.3. The van der Waals surface area contributed by atoms with Crippen LogP contribution in [0.4, 0.5) is 0 Å². The van der Waals surface area contributed by atoms with Crippen LogP contribution in [0.3, 0.4) is 0 Å². The Hall–Kier alpha value is -1.84. The van der Waals surface area contributed by atoms with E-state index in [0.717, 1.165) is 28.0 Å². The summed E-state index contributed by atoms with van der Waals surface area (Å²) in [6, 6.07) is 13.8. The summed E-state index contributed by atoms with van der Waals surface area (Å²) < 4.78 is 5.97. The van der Waals surface area contributed by atoms with E-state index in [1.54, 1.807) is 0 Å². The van der Waals surface area contributed by atoms with Crippen LogP contribution in [0.25, 0.3) is 0 Å². The van der Waals surface area contributed by atoms with Crippen molar-refractivity contribution in [2.24, 2.45) is 5.73 Å². The van der Waals surface area contributed by atoms with Crippen molar-refractivity contribution in [3.63, 3.8) is 0 Å². The summed E-state index contributed by atoms with van der Waals surface area (Å²) in [4.78, 5) is 0. The first-order valence-corrected chi connectivity index (χ1v) is 7.74. The van der Waals surface area contributed by atoms with E-state index in [9.17, 15) is 5.11 Å². The van der Waals surface area contributed by atoms with E-state index in [0.29, 0.717) is 13.0 Å². The Kier molecular flexibility index (Phi) is 5.58. The van der Waals surface area contributed by atoms with E-state index < -0.39 is 6.10 Å². The molecule has 2 aromatic rings. The molecule has 118 valence electrons. The Labute approximate surface area is 132 Å². The maximum absolute atomic E-state index is 9.93. The lowest BCUT2D eigenvalue weighted by molar-refractivity contribution is 0.140. The van der Waals surface area contributed by atoms with Gasteiger partial charge in [-0.3, -0.25) is 0 Å². The molecule has 2 atom stereocenters. The van der Waals surface area contributed by atoms with Gasteiger partial charge in [-0.2, -0.15) is 0 Å². The number of ether oxygens (including phenoxy) is 1. The van der Waals surface area contributed by atoms with Crippen LogP contribution in [0, 0.1) is 13.8 Å². The van der Waals surface area contributed by atoms with Gasteiger partial charge in [-0.1, -0.05) is 49.4 Å². The molecule has 0 bridgehead atoms. The molecule has 3 nitrogen and oxygen atoms in total. The van der Waals surface area contributed by atoms with E-state index in [1.807, 2.05) is 63.2 Å². The normalized spacial score (nSPS) is 13.7. The average molecular weight is 299 g/mol. The molecule has 0 amide bonds. The van der Waals surface area contributed by atoms with Gasteiger partial charge in [-0.25, -0.2) is 0 Å². The highest BCUT2D eigenvalue weighted by Crippen LogP contribution is 2.29. The second-order valence-electron chi connectivity index (χ2n) is 5.76. The van der Waals surface area contributed by atoms with E-state index in [2.05, 4.69) is 0 Å². The second kappa shape index (κ2) is 7.43. The van der Waals surface area contributed by atoms with Crippen molar-refractivity contribution in [1.29, 1.82) is 0 Å². The zero-order valence-electron chi connectivity index (χ0n) is 13.5. The molecule has 3 heteroatoms. The third kappa shape index (κ3) is 3.87. The lowest BCUT2D eigenvalue weighted by Crippen LogP contribution is -2.25. The highest BCUT2D eigenvalue weighted by Gasteiger charge is 2.17. The highest BCUT2D eigenvalue weighted by atomic mass is 16.5. The topological polar surface area (TPSA) is 55.5 Å². The van der Waals surface area contributed by atoms with E-state index >= 15 is 0 Å². The fraction of sp³-hybridized carbons (Fsp3) is 0.368. The molecular formula is C19H25NO2. The van der Waals surface area contributed by atoms with Gasteiger partial charge in [0.2, 0.25) is 0 Å². The van der Waals surface area contributed by atoms with E-state index in [4.69, 9.17) is 10.5 Å². The Morgan fingerprint density at radius 3 is 2.23 bits per heavy atom. The van der Waals surface area contributed by atoms with Crippen molar-refractivity contribution in [1.82, 2.24) is 0 Å². The predicted octanol–water partition coefficient (Wildman–Crippen LogP) is 3.65. The van der Waals surface area contributed by atoms with Crippen LogP contribution in [-0.4, -0.2) is 11.2 Å². The van der Waals surface area contributed by atoms with Crippen LogP contribution < -0.4 is 10.5 Å². The number of hydrogen-bond acceptors (Lipinski definition) is 3. The Morgan fingerprint density at radius 2 is 1.68 bits per heavy atom. The summed E-state index contributed by atoms with van der Waals surface area (Å²) in [6.07, 6.45) is 0.126. The average Bonchev–Trinajstić information content (AvgIpc) is 2.53. The molecular weight excluding hydrogens is 274 g/mol. The van der Waals surface area contributed by atoms with E-state index in [-0.39, 0.29) is 6.04 Å². The number of nitrogens with two attached hydrogens (primary N) is 1. The third-order valence-corrected chi connectivity index (χ3v) is 3.93. The zero-order valence-corrected chi connectivity index (χ0v) is 13.5. The van der Waals surface area contributed by atoms with Gasteiger partial charge in [-0.15, -0.1) is 0 Å². The first-order valence-electron chi connectivity index (χ1n) is 7.74. The molecule has 0 aliphatic carbocycles. The molecule has 22 heavy (non-hydrogen) atoms. The van der Waals surface area contributed by atoms with Gasteiger partial charge in [0.25, 0.3) is 0 Å². The molecule has 0 heterocycles. The minimum absolute atomic E-state index is 0.356. The van der Waals surface area contributed by atoms with Crippen LogP contribution in [-0.2, 0) is 6.61 Å². The number of rotatable bonds is 6. The standard InChI is InChI=1S/C19H25NO2/c1-4-17(21)18(20)16-10-13(2)19(14(3)11-16)22-12-15-8-6-5-7-9-15/h5-11,17-18,21H,4,12,20H2,1-3H3/t17-,18+/m1/s1. The SMILES string of the molecule is CC[C@@H](O)[C@@H](N)c1cc(C)c(OCc2ccccc2)c(C)c1. The number of hydrogen-bond donors (Lipinski definition) is 2. The Morgan fingerprint density at radius 1 is 1.09 bits per heavy atom. The predicted molar refractivity (Wildman–Crippen MR) is 89.9 cm³/mol. The van der Waals surface area contributed by atoms with E-state index in [1.165, 1.54) is 0 Å². The van der Waals surface area contributed by atoms with Crippen molar-refractivity contribution in [3.8, 4) is 5.75 Å². The van der Waals surface area contributed by atoms with Crippen molar-refractivity contribution >= 4 is 0 Å². The van der Waals surface area contributed by atoms with Gasteiger partial charge in [0, 0.05) is 0 Å². The first-order chi connectivity index (χ1) is 10.5. The fourth-order valence-corrected chi connectivity index (χ4v) is 2.61. The molecule has 0 aliphatic rings. The number of aryl methyl sites for hydroxylation is 2. The lowest BCUT2D eigenvalue weighted by atomic mass is 9.96. The number of benzene rings is 2. The molecule has 0 aliphatic heterocycles. The molecule has 2 rings (SSSR count). The number of aliphatic hydroxyl groups is 1. The van der Waals surface area contributed by atoms with Gasteiger partial charge in [-0.05, 0) is 42.5 Å². The number of aliphatic hydroxyl groups excluding tert-OH is 1. The van der Waals surface area contributed by atoms with Crippen molar-refractivity contribution in [2.75, 3.05) is 0 Å². The van der Waals surface area contributed by atoms with Crippen LogP contribution in [0.2, 0.25) is 0 Å². The summed E-state index contributed by atoms with van der Waals surface area (Å²) in [5, 5.41) is 9.93. The summed E-state index contributed by atoms with van der Waals surface area (Å²) in [5.74, 6) is 0.894. The van der Waals surface area contributed by atoms with Crippen molar-refractivity contribution < 1.29 is 9.84 Å². The minimum atomic E-state index is -0.519. The molecule has 3 N–H and O–H groups in total. The molecule has 0 radical (unpaired) electrons. The van der Waals surface area contributed by atoms with Crippen molar-refractivity contribution in [3.05, 3.63) is 64.7 Å². The van der Waals surface area contributed by atoms with Crippen LogP contribution in [0.1, 0.15) is 41.6 Å². The second-order valence-corrected chi connectivity index (χ2v) is 5.76. The summed E-state index contributed by atoms with van der Waals surface area (Å²) in [6.45, 7) is 6.51. The first kappa shape index (κ1) is 16.5.